The van der Waals surface area contributed by atoms with Gasteiger partial charge >= 0.3 is 0 Å². The summed E-state index contributed by atoms with van der Waals surface area (Å²) in [6.07, 6.45) is 2.07. The van der Waals surface area contributed by atoms with Crippen molar-refractivity contribution in [1.82, 2.24) is 5.32 Å². The number of benzene rings is 2. The summed E-state index contributed by atoms with van der Waals surface area (Å²) >= 11 is 6.09. The number of hydrogen-bond donors (Lipinski definition) is 2. The molecule has 0 saturated heterocycles. The summed E-state index contributed by atoms with van der Waals surface area (Å²) in [5.41, 5.74) is 0.278. The Bertz CT molecular complexity index is 1100. The Morgan fingerprint density at radius 2 is 1.90 bits per heavy atom. The van der Waals surface area contributed by atoms with Crippen molar-refractivity contribution in [1.29, 1.82) is 0 Å². The van der Waals surface area contributed by atoms with Crippen LogP contribution in [0.2, 0.25) is 5.02 Å². The zero-order valence-corrected chi connectivity index (χ0v) is 16.9. The Kier molecular flexibility index (Phi) is 6.24. The Hall–Kier alpha value is -2.84. The molecule has 0 saturated carbocycles. The maximum Gasteiger partial charge on any atom is 0.261 e. The Balaban J connectivity index is 1.75. The largest absolute Gasteiger partial charge is 0.469 e. The molecule has 6 nitrogen and oxygen atoms in total. The van der Waals surface area contributed by atoms with Gasteiger partial charge < -0.3 is 9.73 Å². The van der Waals surface area contributed by atoms with Crippen LogP contribution in [0.4, 0.5) is 10.1 Å². The first-order valence-electron chi connectivity index (χ1n) is 8.66. The normalized spacial score (nSPS) is 12.4. The lowest BCUT2D eigenvalue weighted by atomic mass is 10.1. The topological polar surface area (TPSA) is 88.4 Å². The number of amides is 1. The van der Waals surface area contributed by atoms with Crippen LogP contribution in [0.1, 0.15) is 23.0 Å². The van der Waals surface area contributed by atoms with Gasteiger partial charge in [-0.15, -0.1) is 0 Å². The third kappa shape index (κ3) is 5.36. The highest BCUT2D eigenvalue weighted by Crippen LogP contribution is 2.26. The standard InChI is InChI=1S/C20H18ClFN2O4S/c1-13(11-16-3-2-10-28-16)23-20(25)14-4-9-18(21)19(12-14)24-29(26,27)17-7-5-15(22)6-8-17/h2-10,12-13,24H,11H2,1H3,(H,23,25). The first-order valence-corrected chi connectivity index (χ1v) is 10.5. The van der Waals surface area contributed by atoms with Gasteiger partial charge in [0.25, 0.3) is 15.9 Å². The number of nitrogens with one attached hydrogen (secondary N) is 2. The fraction of sp³-hybridized carbons (Fsp3) is 0.150. The van der Waals surface area contributed by atoms with E-state index in [1.54, 1.807) is 12.3 Å². The number of furan rings is 1. The number of hydrogen-bond acceptors (Lipinski definition) is 4. The molecule has 2 N–H and O–H groups in total. The van der Waals surface area contributed by atoms with Crippen LogP contribution in [0.5, 0.6) is 0 Å². The zero-order chi connectivity index (χ0) is 21.0. The summed E-state index contributed by atoms with van der Waals surface area (Å²) in [5, 5.41) is 2.94. The average Bonchev–Trinajstić information content (AvgIpc) is 3.16. The predicted octanol–water partition coefficient (Wildman–Crippen LogP) is 4.23. The molecule has 0 bridgehead atoms. The van der Waals surface area contributed by atoms with E-state index in [1.165, 1.54) is 18.2 Å². The first kappa shape index (κ1) is 20.9. The molecule has 9 heteroatoms. The molecule has 152 valence electrons. The fourth-order valence-corrected chi connectivity index (χ4v) is 3.94. The molecule has 0 aliphatic rings. The zero-order valence-electron chi connectivity index (χ0n) is 15.4. The van der Waals surface area contributed by atoms with Gasteiger partial charge in [0.1, 0.15) is 11.6 Å². The summed E-state index contributed by atoms with van der Waals surface area (Å²) in [4.78, 5) is 12.4. The molecular weight excluding hydrogens is 419 g/mol. The Morgan fingerprint density at radius 1 is 1.17 bits per heavy atom. The van der Waals surface area contributed by atoms with Crippen molar-refractivity contribution in [2.45, 2.75) is 24.3 Å². The minimum absolute atomic E-state index is 0.0438. The van der Waals surface area contributed by atoms with Gasteiger partial charge in [-0.3, -0.25) is 9.52 Å². The summed E-state index contributed by atoms with van der Waals surface area (Å²) < 4.78 is 45.6. The second-order valence-corrected chi connectivity index (χ2v) is 8.50. The van der Waals surface area contributed by atoms with Gasteiger partial charge in [0.2, 0.25) is 0 Å². The van der Waals surface area contributed by atoms with E-state index in [1.807, 2.05) is 13.0 Å². The summed E-state index contributed by atoms with van der Waals surface area (Å²) in [7, 11) is -4.00. The third-order valence-electron chi connectivity index (χ3n) is 4.06. The summed E-state index contributed by atoms with van der Waals surface area (Å²) in [5.74, 6) is -0.200. The Morgan fingerprint density at radius 3 is 2.55 bits per heavy atom. The van der Waals surface area contributed by atoms with E-state index in [2.05, 4.69) is 10.0 Å². The number of rotatable bonds is 7. The second kappa shape index (κ2) is 8.67. The molecule has 1 atom stereocenters. The molecule has 0 radical (unpaired) electrons. The lowest BCUT2D eigenvalue weighted by Gasteiger charge is -2.14. The van der Waals surface area contributed by atoms with Crippen molar-refractivity contribution in [3.05, 3.63) is 83.0 Å². The molecule has 0 spiro atoms. The second-order valence-electron chi connectivity index (χ2n) is 6.41. The molecule has 3 aromatic rings. The molecule has 1 amide bonds. The minimum Gasteiger partial charge on any atom is -0.469 e. The molecule has 0 fully saturated rings. The number of carbonyl (C=O) groups excluding carboxylic acids is 1. The van der Waals surface area contributed by atoms with E-state index in [0.29, 0.717) is 6.42 Å². The van der Waals surface area contributed by atoms with Gasteiger partial charge in [-0.05, 0) is 61.5 Å². The first-order chi connectivity index (χ1) is 13.7. The minimum atomic E-state index is -4.00. The maximum absolute atomic E-state index is 13.0. The molecule has 1 aromatic heterocycles. The predicted molar refractivity (Wildman–Crippen MR) is 108 cm³/mol. The molecule has 1 unspecified atom stereocenters. The van der Waals surface area contributed by atoms with E-state index < -0.39 is 15.8 Å². The number of halogens is 2. The molecule has 1 heterocycles. The quantitative estimate of drug-likeness (QED) is 0.580. The molecular formula is C20H18ClFN2O4S. The van der Waals surface area contributed by atoms with Gasteiger partial charge in [0.15, 0.2) is 0 Å². The van der Waals surface area contributed by atoms with Crippen LogP contribution in [0.15, 0.2) is 70.2 Å². The van der Waals surface area contributed by atoms with E-state index in [0.717, 1.165) is 30.0 Å². The highest BCUT2D eigenvalue weighted by molar-refractivity contribution is 7.92. The van der Waals surface area contributed by atoms with Crippen LogP contribution in [-0.4, -0.2) is 20.4 Å². The van der Waals surface area contributed by atoms with Crippen LogP contribution in [0, 0.1) is 5.82 Å². The van der Waals surface area contributed by atoms with Crippen molar-refractivity contribution in [2.24, 2.45) is 0 Å². The number of carbonyl (C=O) groups is 1. The lowest BCUT2D eigenvalue weighted by molar-refractivity contribution is 0.0939. The van der Waals surface area contributed by atoms with Crippen molar-refractivity contribution >= 4 is 33.2 Å². The maximum atomic E-state index is 13.0. The van der Waals surface area contributed by atoms with E-state index in [9.17, 15) is 17.6 Å². The van der Waals surface area contributed by atoms with E-state index in [-0.39, 0.29) is 33.1 Å². The highest BCUT2D eigenvalue weighted by atomic mass is 35.5. The third-order valence-corrected chi connectivity index (χ3v) is 5.77. The van der Waals surface area contributed by atoms with Gasteiger partial charge in [0.05, 0.1) is 21.9 Å². The Labute approximate surface area is 172 Å². The van der Waals surface area contributed by atoms with Crippen LogP contribution in [0.25, 0.3) is 0 Å². The highest BCUT2D eigenvalue weighted by Gasteiger charge is 2.18. The summed E-state index contributed by atoms with van der Waals surface area (Å²) in [6, 6.07) is 12.0. The molecule has 29 heavy (non-hydrogen) atoms. The van der Waals surface area contributed by atoms with Crippen molar-refractivity contribution < 1.29 is 22.0 Å². The molecule has 0 aliphatic carbocycles. The van der Waals surface area contributed by atoms with Crippen molar-refractivity contribution in [3.63, 3.8) is 0 Å². The number of sulfonamides is 1. The van der Waals surface area contributed by atoms with Crippen LogP contribution >= 0.6 is 11.6 Å². The molecule has 0 aliphatic heterocycles. The van der Waals surface area contributed by atoms with Crippen LogP contribution < -0.4 is 10.0 Å². The van der Waals surface area contributed by atoms with Gasteiger partial charge in [-0.2, -0.15) is 0 Å². The van der Waals surface area contributed by atoms with Crippen molar-refractivity contribution in [2.75, 3.05) is 4.72 Å². The van der Waals surface area contributed by atoms with E-state index in [4.69, 9.17) is 16.0 Å². The van der Waals surface area contributed by atoms with Gasteiger partial charge in [0, 0.05) is 18.0 Å². The summed E-state index contributed by atoms with van der Waals surface area (Å²) in [6.45, 7) is 1.83. The van der Waals surface area contributed by atoms with Gasteiger partial charge in [-0.25, -0.2) is 12.8 Å². The molecule has 3 rings (SSSR count). The monoisotopic (exact) mass is 436 g/mol. The smallest absolute Gasteiger partial charge is 0.261 e. The molecule has 2 aromatic carbocycles. The van der Waals surface area contributed by atoms with Crippen LogP contribution in [-0.2, 0) is 16.4 Å². The van der Waals surface area contributed by atoms with Crippen LogP contribution in [0.3, 0.4) is 0 Å². The van der Waals surface area contributed by atoms with Gasteiger partial charge in [-0.1, -0.05) is 11.6 Å². The fourth-order valence-electron chi connectivity index (χ4n) is 2.65. The van der Waals surface area contributed by atoms with E-state index >= 15 is 0 Å². The number of anilines is 1. The SMILES string of the molecule is CC(Cc1ccco1)NC(=O)c1ccc(Cl)c(NS(=O)(=O)c2ccc(F)cc2)c1. The lowest BCUT2D eigenvalue weighted by Crippen LogP contribution is -2.34. The average molecular weight is 437 g/mol. The van der Waals surface area contributed by atoms with Crippen molar-refractivity contribution in [3.8, 4) is 0 Å².